The molecule has 0 bridgehead atoms. The lowest BCUT2D eigenvalue weighted by Crippen LogP contribution is -2.40. The zero-order valence-electron chi connectivity index (χ0n) is 13.2. The maximum absolute atomic E-state index is 12.6. The molecule has 1 N–H and O–H groups in total. The number of carbonyl (C=O) groups is 1. The van der Waals surface area contributed by atoms with Gasteiger partial charge in [0.05, 0.1) is 25.3 Å². The molecule has 1 amide bonds. The highest BCUT2D eigenvalue weighted by Crippen LogP contribution is 2.18. The minimum Gasteiger partial charge on any atom is -0.378 e. The summed E-state index contributed by atoms with van der Waals surface area (Å²) in [5.41, 5.74) is 0.599. The lowest BCUT2D eigenvalue weighted by Gasteiger charge is -2.29. The average Bonchev–Trinajstić information content (AvgIpc) is 3.08. The van der Waals surface area contributed by atoms with Crippen molar-refractivity contribution in [1.29, 1.82) is 0 Å². The second-order valence-corrected chi connectivity index (χ2v) is 5.58. The molecule has 0 unspecified atom stereocenters. The van der Waals surface area contributed by atoms with Crippen molar-refractivity contribution < 1.29 is 9.53 Å². The van der Waals surface area contributed by atoms with Crippen LogP contribution in [0.15, 0.2) is 36.8 Å². The van der Waals surface area contributed by atoms with Gasteiger partial charge in [-0.25, -0.2) is 4.98 Å². The number of nitrogens with zero attached hydrogens (tertiary/aromatic N) is 4. The Bertz CT molecular complexity index is 638. The Morgan fingerprint density at radius 2 is 2.17 bits per heavy atom. The van der Waals surface area contributed by atoms with E-state index in [0.717, 1.165) is 18.9 Å². The smallest absolute Gasteiger partial charge is 0.255 e. The number of anilines is 1. The quantitative estimate of drug-likeness (QED) is 0.889. The Morgan fingerprint density at radius 3 is 2.91 bits per heavy atom. The first-order chi connectivity index (χ1) is 11.2. The van der Waals surface area contributed by atoms with E-state index < -0.39 is 0 Å². The van der Waals surface area contributed by atoms with Gasteiger partial charge in [0, 0.05) is 37.7 Å². The molecule has 0 radical (unpaired) electrons. The molecule has 23 heavy (non-hydrogen) atoms. The van der Waals surface area contributed by atoms with E-state index in [1.54, 1.807) is 23.1 Å². The zero-order valence-corrected chi connectivity index (χ0v) is 13.2. The maximum atomic E-state index is 12.6. The number of carbonyl (C=O) groups excluding carboxylic acids is 1. The number of nitrogens with one attached hydrogen (secondary N) is 1. The molecule has 3 heterocycles. The van der Waals surface area contributed by atoms with Crippen LogP contribution in [-0.2, 0) is 11.3 Å². The molecular weight excluding hydrogens is 294 g/mol. The van der Waals surface area contributed by atoms with E-state index in [9.17, 15) is 4.79 Å². The number of rotatable bonds is 5. The fourth-order valence-electron chi connectivity index (χ4n) is 2.64. The lowest BCUT2D eigenvalue weighted by atomic mass is 10.2. The molecule has 0 aliphatic carbocycles. The average molecular weight is 315 g/mol. The van der Waals surface area contributed by atoms with Crippen LogP contribution < -0.4 is 10.2 Å². The summed E-state index contributed by atoms with van der Waals surface area (Å²) < 4.78 is 7.17. The molecule has 2 aromatic rings. The van der Waals surface area contributed by atoms with Gasteiger partial charge in [0.25, 0.3) is 5.91 Å². The largest absolute Gasteiger partial charge is 0.378 e. The van der Waals surface area contributed by atoms with Crippen molar-refractivity contribution >= 4 is 11.7 Å². The molecule has 1 fully saturated rings. The Kier molecular flexibility index (Phi) is 4.87. The summed E-state index contributed by atoms with van der Waals surface area (Å²) in [7, 11) is 0. The van der Waals surface area contributed by atoms with Gasteiger partial charge in [-0.15, -0.1) is 0 Å². The Labute approximate surface area is 135 Å². The van der Waals surface area contributed by atoms with Crippen molar-refractivity contribution in [1.82, 2.24) is 20.1 Å². The number of morpholine rings is 1. The van der Waals surface area contributed by atoms with Crippen LogP contribution in [-0.4, -0.2) is 53.0 Å². The predicted octanol–water partition coefficient (Wildman–Crippen LogP) is 0.933. The topological polar surface area (TPSA) is 72.3 Å². The normalized spacial score (nSPS) is 16.1. The molecule has 1 aliphatic heterocycles. The summed E-state index contributed by atoms with van der Waals surface area (Å²) in [5.74, 6) is 0.610. The lowest BCUT2D eigenvalue weighted by molar-refractivity contribution is 0.0934. The summed E-state index contributed by atoms with van der Waals surface area (Å²) in [5, 5.41) is 7.17. The van der Waals surface area contributed by atoms with Crippen molar-refractivity contribution in [3.63, 3.8) is 0 Å². The first-order valence-corrected chi connectivity index (χ1v) is 7.80. The third-order valence-electron chi connectivity index (χ3n) is 3.74. The highest BCUT2D eigenvalue weighted by Gasteiger charge is 2.20. The van der Waals surface area contributed by atoms with Crippen molar-refractivity contribution in [3.8, 4) is 0 Å². The predicted molar refractivity (Wildman–Crippen MR) is 86.4 cm³/mol. The summed E-state index contributed by atoms with van der Waals surface area (Å²) in [6.45, 7) is 5.41. The van der Waals surface area contributed by atoms with Crippen LogP contribution in [0.3, 0.4) is 0 Å². The monoisotopic (exact) mass is 315 g/mol. The number of ether oxygens (including phenoxy) is 1. The Hall–Kier alpha value is -2.41. The van der Waals surface area contributed by atoms with Crippen LogP contribution >= 0.6 is 0 Å². The molecule has 1 saturated heterocycles. The van der Waals surface area contributed by atoms with E-state index in [0.29, 0.717) is 25.3 Å². The van der Waals surface area contributed by atoms with Crippen LogP contribution in [0.5, 0.6) is 0 Å². The minimum atomic E-state index is -0.112. The van der Waals surface area contributed by atoms with Crippen molar-refractivity contribution in [2.24, 2.45) is 0 Å². The van der Waals surface area contributed by atoms with Gasteiger partial charge >= 0.3 is 0 Å². The summed E-state index contributed by atoms with van der Waals surface area (Å²) >= 11 is 0. The fourth-order valence-corrected chi connectivity index (χ4v) is 2.64. The molecule has 1 atom stereocenters. The van der Waals surface area contributed by atoms with E-state index in [4.69, 9.17) is 4.74 Å². The molecular formula is C16H21N5O2. The molecule has 0 spiro atoms. The van der Waals surface area contributed by atoms with E-state index in [1.165, 1.54) is 0 Å². The number of aromatic nitrogens is 3. The summed E-state index contributed by atoms with van der Waals surface area (Å²) in [6, 6.07) is 5.44. The van der Waals surface area contributed by atoms with E-state index in [2.05, 4.69) is 20.3 Å². The molecule has 1 aliphatic rings. The number of pyridine rings is 1. The van der Waals surface area contributed by atoms with E-state index in [-0.39, 0.29) is 11.9 Å². The van der Waals surface area contributed by atoms with Crippen LogP contribution in [0, 0.1) is 0 Å². The fraction of sp³-hybridized carbons (Fsp3) is 0.438. The number of hydrogen-bond acceptors (Lipinski definition) is 5. The third-order valence-corrected chi connectivity index (χ3v) is 3.74. The van der Waals surface area contributed by atoms with Gasteiger partial charge in [0.2, 0.25) is 0 Å². The molecule has 2 aromatic heterocycles. The number of hydrogen-bond donors (Lipinski definition) is 1. The van der Waals surface area contributed by atoms with Crippen LogP contribution in [0.2, 0.25) is 0 Å². The molecule has 7 nitrogen and oxygen atoms in total. The van der Waals surface area contributed by atoms with E-state index in [1.807, 2.05) is 25.3 Å². The van der Waals surface area contributed by atoms with Crippen LogP contribution in [0.25, 0.3) is 0 Å². The van der Waals surface area contributed by atoms with Gasteiger partial charge in [-0.1, -0.05) is 0 Å². The standard InChI is InChI=1S/C16H21N5O2/c1-13(12-21-7-3-6-18-21)19-16(22)14-4-2-5-17-15(14)20-8-10-23-11-9-20/h2-7,13H,8-12H2,1H3,(H,19,22)/t13-/m1/s1. The molecule has 7 heteroatoms. The van der Waals surface area contributed by atoms with Crippen LogP contribution in [0.1, 0.15) is 17.3 Å². The highest BCUT2D eigenvalue weighted by atomic mass is 16.5. The first-order valence-electron chi connectivity index (χ1n) is 7.80. The van der Waals surface area contributed by atoms with Gasteiger partial charge in [-0.05, 0) is 25.1 Å². The summed E-state index contributed by atoms with van der Waals surface area (Å²) in [4.78, 5) is 19.1. The molecule has 0 aromatic carbocycles. The van der Waals surface area contributed by atoms with Gasteiger partial charge < -0.3 is 15.0 Å². The molecule has 3 rings (SSSR count). The van der Waals surface area contributed by atoms with Crippen LogP contribution in [0.4, 0.5) is 5.82 Å². The third kappa shape index (κ3) is 3.87. The Morgan fingerprint density at radius 1 is 1.35 bits per heavy atom. The van der Waals surface area contributed by atoms with Gasteiger partial charge in [0.15, 0.2) is 0 Å². The minimum absolute atomic E-state index is 0.0276. The molecule has 0 saturated carbocycles. The second-order valence-electron chi connectivity index (χ2n) is 5.58. The van der Waals surface area contributed by atoms with Crippen molar-refractivity contribution in [3.05, 3.63) is 42.4 Å². The van der Waals surface area contributed by atoms with Gasteiger partial charge in [-0.3, -0.25) is 9.48 Å². The van der Waals surface area contributed by atoms with Gasteiger partial charge in [-0.2, -0.15) is 5.10 Å². The number of amides is 1. The highest BCUT2D eigenvalue weighted by molar-refractivity contribution is 5.99. The Balaban J connectivity index is 1.69. The first kappa shape index (κ1) is 15.5. The van der Waals surface area contributed by atoms with Crippen molar-refractivity contribution in [2.45, 2.75) is 19.5 Å². The maximum Gasteiger partial charge on any atom is 0.255 e. The van der Waals surface area contributed by atoms with Gasteiger partial charge in [0.1, 0.15) is 5.82 Å². The van der Waals surface area contributed by atoms with E-state index >= 15 is 0 Å². The molecule has 122 valence electrons. The SMILES string of the molecule is C[C@H](Cn1cccn1)NC(=O)c1cccnc1N1CCOCC1. The zero-order chi connectivity index (χ0) is 16.1. The summed E-state index contributed by atoms with van der Waals surface area (Å²) in [6.07, 6.45) is 5.33. The second kappa shape index (κ2) is 7.23. The van der Waals surface area contributed by atoms with Crippen molar-refractivity contribution in [2.75, 3.05) is 31.2 Å².